The highest BCUT2D eigenvalue weighted by Crippen LogP contribution is 2.25. The number of hydrogen-bond acceptors (Lipinski definition) is 4. The number of aldehydes is 1. The summed E-state index contributed by atoms with van der Waals surface area (Å²) in [6.45, 7) is 5.27. The van der Waals surface area contributed by atoms with Gasteiger partial charge in [0, 0.05) is 25.0 Å². The van der Waals surface area contributed by atoms with Crippen molar-refractivity contribution >= 4 is 24.0 Å². The van der Waals surface area contributed by atoms with Crippen molar-refractivity contribution in [1.29, 1.82) is 0 Å². The lowest BCUT2D eigenvalue weighted by molar-refractivity contribution is -0.112. The molecule has 0 radical (unpaired) electrons. The molecule has 1 heterocycles. The van der Waals surface area contributed by atoms with E-state index in [2.05, 4.69) is 4.98 Å². The Morgan fingerprint density at radius 3 is 2.63 bits per heavy atom. The standard InChI is InChI=1S/C13H17ClN2O3/c1-13(2,3)19-12(18)16(4)11(8-17)9-5-6-15-7-10(9)14/h5-8,11H,1-4H3. The molecule has 1 rings (SSSR count). The van der Waals surface area contributed by atoms with Crippen molar-refractivity contribution in [2.24, 2.45) is 0 Å². The molecule has 19 heavy (non-hydrogen) atoms. The van der Waals surface area contributed by atoms with Gasteiger partial charge in [-0.1, -0.05) is 11.6 Å². The van der Waals surface area contributed by atoms with E-state index >= 15 is 0 Å². The lowest BCUT2D eigenvalue weighted by Crippen LogP contribution is -2.37. The third-order valence-electron chi connectivity index (χ3n) is 2.35. The minimum Gasteiger partial charge on any atom is -0.444 e. The van der Waals surface area contributed by atoms with E-state index < -0.39 is 17.7 Å². The maximum Gasteiger partial charge on any atom is 0.410 e. The van der Waals surface area contributed by atoms with Gasteiger partial charge in [0.05, 0.1) is 5.02 Å². The number of amides is 1. The van der Waals surface area contributed by atoms with Crippen molar-refractivity contribution in [3.63, 3.8) is 0 Å². The van der Waals surface area contributed by atoms with Crippen LogP contribution in [-0.2, 0) is 9.53 Å². The van der Waals surface area contributed by atoms with Crippen molar-refractivity contribution in [1.82, 2.24) is 9.88 Å². The maximum absolute atomic E-state index is 11.9. The van der Waals surface area contributed by atoms with E-state index in [1.807, 2.05) is 0 Å². The molecule has 5 nitrogen and oxygen atoms in total. The molecule has 1 amide bonds. The summed E-state index contributed by atoms with van der Waals surface area (Å²) >= 11 is 5.98. The first-order valence-corrected chi connectivity index (χ1v) is 6.14. The Labute approximate surface area is 117 Å². The first-order chi connectivity index (χ1) is 8.76. The zero-order valence-corrected chi connectivity index (χ0v) is 12.1. The molecule has 1 unspecified atom stereocenters. The molecule has 0 aromatic carbocycles. The number of aromatic nitrogens is 1. The minimum absolute atomic E-state index is 0.329. The van der Waals surface area contributed by atoms with Crippen molar-refractivity contribution < 1.29 is 14.3 Å². The SMILES string of the molecule is CN(C(=O)OC(C)(C)C)C(C=O)c1ccncc1Cl. The summed E-state index contributed by atoms with van der Waals surface area (Å²) in [4.78, 5) is 28.2. The van der Waals surface area contributed by atoms with Gasteiger partial charge < -0.3 is 9.53 Å². The third kappa shape index (κ3) is 4.21. The summed E-state index contributed by atoms with van der Waals surface area (Å²) < 4.78 is 5.21. The van der Waals surface area contributed by atoms with Crippen molar-refractivity contribution in [3.05, 3.63) is 29.0 Å². The van der Waals surface area contributed by atoms with Crippen molar-refractivity contribution in [2.75, 3.05) is 7.05 Å². The smallest absolute Gasteiger partial charge is 0.410 e. The maximum atomic E-state index is 11.9. The Balaban J connectivity index is 2.95. The largest absolute Gasteiger partial charge is 0.444 e. The van der Waals surface area contributed by atoms with Gasteiger partial charge in [0.25, 0.3) is 0 Å². The summed E-state index contributed by atoms with van der Waals surface area (Å²) in [6, 6.07) is 0.799. The van der Waals surface area contributed by atoms with Gasteiger partial charge in [-0.05, 0) is 26.8 Å². The van der Waals surface area contributed by atoms with Gasteiger partial charge >= 0.3 is 6.09 Å². The first kappa shape index (κ1) is 15.4. The summed E-state index contributed by atoms with van der Waals surface area (Å²) in [7, 11) is 1.49. The Hall–Kier alpha value is -1.62. The monoisotopic (exact) mass is 284 g/mol. The molecule has 0 aliphatic heterocycles. The number of carbonyl (C=O) groups excluding carboxylic acids is 2. The fraction of sp³-hybridized carbons (Fsp3) is 0.462. The van der Waals surface area contributed by atoms with Crippen LogP contribution < -0.4 is 0 Å². The normalized spacial score (nSPS) is 12.7. The van der Waals surface area contributed by atoms with Crippen LogP contribution in [0.2, 0.25) is 5.02 Å². The Kier molecular flexibility index (Phi) is 4.89. The van der Waals surface area contributed by atoms with Crippen LogP contribution >= 0.6 is 11.6 Å². The number of pyridine rings is 1. The van der Waals surface area contributed by atoms with Crippen molar-refractivity contribution in [3.8, 4) is 0 Å². The molecule has 0 aliphatic carbocycles. The van der Waals surface area contributed by atoms with Gasteiger partial charge in [0.15, 0.2) is 0 Å². The molecule has 1 aromatic rings. The highest BCUT2D eigenvalue weighted by molar-refractivity contribution is 6.31. The Morgan fingerprint density at radius 2 is 2.16 bits per heavy atom. The number of ether oxygens (including phenoxy) is 1. The lowest BCUT2D eigenvalue weighted by atomic mass is 10.1. The van der Waals surface area contributed by atoms with E-state index in [1.54, 1.807) is 26.8 Å². The Bertz CT molecular complexity index is 471. The summed E-state index contributed by atoms with van der Waals surface area (Å²) in [5, 5.41) is 0.329. The predicted octanol–water partition coefficient (Wildman–Crippen LogP) is 2.84. The number of halogens is 1. The van der Waals surface area contributed by atoms with Crippen LogP contribution in [0, 0.1) is 0 Å². The molecule has 0 bridgehead atoms. The highest BCUT2D eigenvalue weighted by atomic mass is 35.5. The average Bonchev–Trinajstić information content (AvgIpc) is 2.30. The van der Waals surface area contributed by atoms with E-state index in [9.17, 15) is 9.59 Å². The molecule has 0 fully saturated rings. The van der Waals surface area contributed by atoms with Gasteiger partial charge in [0.1, 0.15) is 17.9 Å². The van der Waals surface area contributed by atoms with Crippen LogP contribution in [0.5, 0.6) is 0 Å². The molecule has 0 spiro atoms. The van der Waals surface area contributed by atoms with E-state index in [0.717, 1.165) is 0 Å². The third-order valence-corrected chi connectivity index (χ3v) is 2.67. The quantitative estimate of drug-likeness (QED) is 0.801. The Morgan fingerprint density at radius 1 is 1.53 bits per heavy atom. The van der Waals surface area contributed by atoms with E-state index in [4.69, 9.17) is 16.3 Å². The second-order valence-electron chi connectivity index (χ2n) is 5.07. The molecular weight excluding hydrogens is 268 g/mol. The van der Waals surface area contributed by atoms with Gasteiger partial charge in [-0.2, -0.15) is 0 Å². The van der Waals surface area contributed by atoms with Gasteiger partial charge in [-0.3, -0.25) is 9.88 Å². The van der Waals surface area contributed by atoms with Crippen LogP contribution in [0.15, 0.2) is 18.5 Å². The van der Waals surface area contributed by atoms with Crippen LogP contribution in [0.25, 0.3) is 0 Å². The molecule has 104 valence electrons. The summed E-state index contributed by atoms with van der Waals surface area (Å²) in [5.74, 6) is 0. The van der Waals surface area contributed by atoms with Crippen LogP contribution in [0.4, 0.5) is 4.79 Å². The average molecular weight is 285 g/mol. The van der Waals surface area contributed by atoms with Crippen LogP contribution in [-0.4, -0.2) is 34.9 Å². The summed E-state index contributed by atoms with van der Waals surface area (Å²) in [6.07, 6.45) is 3.00. The first-order valence-electron chi connectivity index (χ1n) is 5.77. The van der Waals surface area contributed by atoms with Crippen LogP contribution in [0.1, 0.15) is 32.4 Å². The molecule has 1 aromatic heterocycles. The zero-order chi connectivity index (χ0) is 14.6. The summed E-state index contributed by atoms with van der Waals surface area (Å²) in [5.41, 5.74) is -0.110. The fourth-order valence-electron chi connectivity index (χ4n) is 1.45. The number of nitrogens with zero attached hydrogens (tertiary/aromatic N) is 2. The molecule has 0 saturated heterocycles. The van der Waals surface area contributed by atoms with E-state index in [1.165, 1.54) is 24.3 Å². The topological polar surface area (TPSA) is 59.5 Å². The number of rotatable bonds is 3. The second kappa shape index (κ2) is 6.02. The molecule has 1 atom stereocenters. The zero-order valence-electron chi connectivity index (χ0n) is 11.4. The van der Waals surface area contributed by atoms with Gasteiger partial charge in [-0.25, -0.2) is 4.79 Å². The molecule has 0 aliphatic rings. The highest BCUT2D eigenvalue weighted by Gasteiger charge is 2.27. The number of carbonyl (C=O) groups is 2. The number of hydrogen-bond donors (Lipinski definition) is 0. The lowest BCUT2D eigenvalue weighted by Gasteiger charge is -2.28. The van der Waals surface area contributed by atoms with Gasteiger partial charge in [-0.15, -0.1) is 0 Å². The second-order valence-corrected chi connectivity index (χ2v) is 5.48. The molecule has 0 N–H and O–H groups in total. The van der Waals surface area contributed by atoms with Gasteiger partial charge in [0.2, 0.25) is 0 Å². The molecule has 6 heteroatoms. The molecular formula is C13H17ClN2O3. The van der Waals surface area contributed by atoms with Crippen molar-refractivity contribution in [2.45, 2.75) is 32.4 Å². The van der Waals surface area contributed by atoms with E-state index in [-0.39, 0.29) is 0 Å². The molecule has 0 saturated carbocycles. The predicted molar refractivity (Wildman–Crippen MR) is 72.0 cm³/mol. The number of likely N-dealkylation sites (N-methyl/N-ethyl adjacent to an activating group) is 1. The van der Waals surface area contributed by atoms with Crippen LogP contribution in [0.3, 0.4) is 0 Å². The van der Waals surface area contributed by atoms with E-state index in [0.29, 0.717) is 16.9 Å². The fourth-order valence-corrected chi connectivity index (χ4v) is 1.68. The minimum atomic E-state index is -0.801.